The van der Waals surface area contributed by atoms with E-state index in [4.69, 9.17) is 0 Å². The summed E-state index contributed by atoms with van der Waals surface area (Å²) < 4.78 is 0.893. The van der Waals surface area contributed by atoms with Gasteiger partial charge in [-0.15, -0.1) is 11.3 Å². The number of likely N-dealkylation sites (tertiary alicyclic amines) is 1. The fourth-order valence-corrected chi connectivity index (χ4v) is 3.94. The molecule has 0 saturated carbocycles. The molecule has 1 N–H and O–H groups in total. The molecule has 0 atom stereocenters. The molecule has 6 heteroatoms. The fourth-order valence-electron chi connectivity index (χ4n) is 2.85. The van der Waals surface area contributed by atoms with Crippen molar-refractivity contribution in [3.05, 3.63) is 56.7 Å². The molecule has 0 unspecified atom stereocenters. The van der Waals surface area contributed by atoms with E-state index >= 15 is 0 Å². The third-order valence-electron chi connectivity index (χ3n) is 4.18. The zero-order chi connectivity index (χ0) is 16.9. The third-order valence-corrected chi connectivity index (χ3v) is 5.54. The molecule has 1 aromatic heterocycles. The Morgan fingerprint density at radius 3 is 2.67 bits per heavy atom. The van der Waals surface area contributed by atoms with E-state index < -0.39 is 0 Å². The number of hydrogen-bond acceptors (Lipinski definition) is 3. The van der Waals surface area contributed by atoms with Crippen molar-refractivity contribution in [3.8, 4) is 0 Å². The van der Waals surface area contributed by atoms with Crippen molar-refractivity contribution >= 4 is 39.1 Å². The maximum atomic E-state index is 12.3. The molecule has 1 aliphatic heterocycles. The summed E-state index contributed by atoms with van der Waals surface area (Å²) in [5.74, 6) is 0.119. The van der Waals surface area contributed by atoms with Crippen LogP contribution in [0.5, 0.6) is 0 Å². The highest BCUT2D eigenvalue weighted by Crippen LogP contribution is 2.16. The van der Waals surface area contributed by atoms with Crippen LogP contribution < -0.4 is 5.32 Å². The van der Waals surface area contributed by atoms with Gasteiger partial charge in [-0.3, -0.25) is 9.59 Å². The van der Waals surface area contributed by atoms with Crippen molar-refractivity contribution in [1.29, 1.82) is 0 Å². The van der Waals surface area contributed by atoms with Crippen molar-refractivity contribution in [3.63, 3.8) is 0 Å². The lowest BCUT2D eigenvalue weighted by Crippen LogP contribution is -2.46. The topological polar surface area (TPSA) is 49.4 Å². The van der Waals surface area contributed by atoms with Crippen molar-refractivity contribution in [1.82, 2.24) is 10.2 Å². The summed E-state index contributed by atoms with van der Waals surface area (Å²) in [5.41, 5.74) is 0.653. The molecule has 2 heterocycles. The Morgan fingerprint density at radius 1 is 1.21 bits per heavy atom. The van der Waals surface area contributed by atoms with Crippen molar-refractivity contribution < 1.29 is 9.59 Å². The number of amides is 2. The summed E-state index contributed by atoms with van der Waals surface area (Å²) in [4.78, 5) is 27.6. The lowest BCUT2D eigenvalue weighted by Gasteiger charge is -2.32. The first kappa shape index (κ1) is 17.2. The SMILES string of the molecule is O=C(NC1CCN(C(=O)Cc2cccs2)CC1)c1cccc(Br)c1. The van der Waals surface area contributed by atoms with Gasteiger partial charge in [0.25, 0.3) is 5.91 Å². The van der Waals surface area contributed by atoms with Crippen molar-refractivity contribution in [2.75, 3.05) is 13.1 Å². The van der Waals surface area contributed by atoms with Gasteiger partial charge in [0.2, 0.25) is 5.91 Å². The summed E-state index contributed by atoms with van der Waals surface area (Å²) in [6.07, 6.45) is 2.08. The molecule has 1 aliphatic rings. The Bertz CT molecular complexity index is 710. The van der Waals surface area contributed by atoms with E-state index in [2.05, 4.69) is 21.2 Å². The van der Waals surface area contributed by atoms with Gasteiger partial charge >= 0.3 is 0 Å². The van der Waals surface area contributed by atoms with E-state index in [0.29, 0.717) is 25.1 Å². The van der Waals surface area contributed by atoms with Gasteiger partial charge in [0.05, 0.1) is 6.42 Å². The highest BCUT2D eigenvalue weighted by Gasteiger charge is 2.24. The monoisotopic (exact) mass is 406 g/mol. The molecule has 4 nitrogen and oxygen atoms in total. The Morgan fingerprint density at radius 2 is 2.00 bits per heavy atom. The molecule has 0 radical (unpaired) electrons. The summed E-state index contributed by atoms with van der Waals surface area (Å²) in [5, 5.41) is 5.06. The molecule has 1 saturated heterocycles. The smallest absolute Gasteiger partial charge is 0.251 e. The Labute approximate surface area is 154 Å². The Kier molecular flexibility index (Phi) is 5.68. The van der Waals surface area contributed by atoms with Crippen LogP contribution in [0, 0.1) is 0 Å². The molecule has 3 rings (SSSR count). The highest BCUT2D eigenvalue weighted by molar-refractivity contribution is 9.10. The van der Waals surface area contributed by atoms with Crippen LogP contribution in [-0.4, -0.2) is 35.8 Å². The number of halogens is 1. The number of nitrogens with one attached hydrogen (secondary N) is 1. The van der Waals surface area contributed by atoms with E-state index in [-0.39, 0.29) is 17.9 Å². The molecule has 24 heavy (non-hydrogen) atoms. The van der Waals surface area contributed by atoms with Gasteiger partial charge in [-0.1, -0.05) is 28.1 Å². The quantitative estimate of drug-likeness (QED) is 0.844. The van der Waals surface area contributed by atoms with E-state index in [9.17, 15) is 9.59 Å². The minimum atomic E-state index is -0.0559. The summed E-state index contributed by atoms with van der Waals surface area (Å²) in [7, 11) is 0. The van der Waals surface area contributed by atoms with Crippen LogP contribution in [0.25, 0.3) is 0 Å². The predicted octanol–water partition coefficient (Wildman–Crippen LogP) is 3.47. The van der Waals surface area contributed by atoms with E-state index in [1.165, 1.54) is 0 Å². The number of benzene rings is 1. The maximum Gasteiger partial charge on any atom is 0.251 e. The second kappa shape index (κ2) is 7.94. The van der Waals surface area contributed by atoms with Gasteiger partial charge in [-0.2, -0.15) is 0 Å². The summed E-state index contributed by atoms with van der Waals surface area (Å²) in [6, 6.07) is 11.5. The average molecular weight is 407 g/mol. The summed E-state index contributed by atoms with van der Waals surface area (Å²) in [6.45, 7) is 1.40. The van der Waals surface area contributed by atoms with Crippen LogP contribution in [0.4, 0.5) is 0 Å². The normalized spacial score (nSPS) is 15.3. The van der Waals surface area contributed by atoms with Gasteiger partial charge in [0.1, 0.15) is 0 Å². The molecule has 2 amide bonds. The van der Waals surface area contributed by atoms with Gasteiger partial charge < -0.3 is 10.2 Å². The Balaban J connectivity index is 1.48. The van der Waals surface area contributed by atoms with Gasteiger partial charge in [-0.25, -0.2) is 0 Å². The predicted molar refractivity (Wildman–Crippen MR) is 99.2 cm³/mol. The number of carbonyl (C=O) groups excluding carboxylic acids is 2. The van der Waals surface area contributed by atoms with Crippen LogP contribution in [0.1, 0.15) is 28.1 Å². The number of rotatable bonds is 4. The van der Waals surface area contributed by atoms with Gasteiger partial charge in [0, 0.05) is 34.0 Å². The van der Waals surface area contributed by atoms with Crippen molar-refractivity contribution in [2.45, 2.75) is 25.3 Å². The van der Waals surface area contributed by atoms with Crippen LogP contribution in [-0.2, 0) is 11.2 Å². The standard InChI is InChI=1S/C18H19BrN2O2S/c19-14-4-1-3-13(11-14)18(23)20-15-6-8-21(9-7-15)17(22)12-16-5-2-10-24-16/h1-5,10-11,15H,6-9,12H2,(H,20,23). The third kappa shape index (κ3) is 4.45. The maximum absolute atomic E-state index is 12.3. The first-order chi connectivity index (χ1) is 11.6. The zero-order valence-corrected chi connectivity index (χ0v) is 15.6. The van der Waals surface area contributed by atoms with Gasteiger partial charge in [-0.05, 0) is 42.5 Å². The Hall–Kier alpha value is -1.66. The minimum Gasteiger partial charge on any atom is -0.349 e. The molecule has 126 valence electrons. The van der Waals surface area contributed by atoms with E-state index in [1.807, 2.05) is 40.6 Å². The first-order valence-electron chi connectivity index (χ1n) is 7.98. The van der Waals surface area contributed by atoms with E-state index in [0.717, 1.165) is 22.2 Å². The number of nitrogens with zero attached hydrogens (tertiary/aromatic N) is 1. The molecule has 1 fully saturated rings. The second-order valence-corrected chi connectivity index (χ2v) is 7.84. The molecule has 0 aliphatic carbocycles. The van der Waals surface area contributed by atoms with Gasteiger partial charge in [0.15, 0.2) is 0 Å². The first-order valence-corrected chi connectivity index (χ1v) is 9.65. The number of piperidine rings is 1. The molecule has 2 aromatic rings. The molecule has 0 bridgehead atoms. The summed E-state index contributed by atoms with van der Waals surface area (Å²) >= 11 is 4.99. The number of thiophene rings is 1. The van der Waals surface area contributed by atoms with Crippen LogP contribution >= 0.6 is 27.3 Å². The molecule has 1 aromatic carbocycles. The minimum absolute atomic E-state index is 0.0559. The highest BCUT2D eigenvalue weighted by atomic mass is 79.9. The number of hydrogen-bond donors (Lipinski definition) is 1. The van der Waals surface area contributed by atoms with Crippen LogP contribution in [0.3, 0.4) is 0 Å². The largest absolute Gasteiger partial charge is 0.349 e. The van der Waals surface area contributed by atoms with E-state index in [1.54, 1.807) is 17.4 Å². The second-order valence-electron chi connectivity index (χ2n) is 5.90. The molecular formula is C18H19BrN2O2S. The average Bonchev–Trinajstić information content (AvgIpc) is 3.08. The number of carbonyl (C=O) groups is 2. The van der Waals surface area contributed by atoms with Crippen molar-refractivity contribution in [2.24, 2.45) is 0 Å². The molecular weight excluding hydrogens is 388 g/mol. The molecule has 0 spiro atoms. The lowest BCUT2D eigenvalue weighted by atomic mass is 10.0. The van der Waals surface area contributed by atoms with Crippen LogP contribution in [0.15, 0.2) is 46.3 Å². The zero-order valence-electron chi connectivity index (χ0n) is 13.2. The lowest BCUT2D eigenvalue weighted by molar-refractivity contribution is -0.131. The fraction of sp³-hybridized carbons (Fsp3) is 0.333. The van der Waals surface area contributed by atoms with Crippen LogP contribution in [0.2, 0.25) is 0 Å².